The average Bonchev–Trinajstić information content (AvgIpc) is 3.41. The lowest BCUT2D eigenvalue weighted by atomic mass is 10.2. The molecule has 0 radical (unpaired) electrons. The molecule has 2 heterocycles. The third-order valence-corrected chi connectivity index (χ3v) is 9.05. The molecule has 6 aromatic rings. The fourth-order valence-electron chi connectivity index (χ4n) is 4.40. The zero-order valence-corrected chi connectivity index (χ0v) is 26.5. The lowest BCUT2D eigenvalue weighted by molar-refractivity contribution is 0.282. The van der Waals surface area contributed by atoms with Crippen molar-refractivity contribution >= 4 is 75.9 Å². The van der Waals surface area contributed by atoms with E-state index in [9.17, 15) is 9.18 Å². The van der Waals surface area contributed by atoms with Gasteiger partial charge in [-0.3, -0.25) is 4.79 Å². The highest BCUT2D eigenvalue weighted by molar-refractivity contribution is 9.13. The molecule has 0 N–H and O–H groups in total. The van der Waals surface area contributed by atoms with Gasteiger partial charge in [0.1, 0.15) is 18.0 Å². The van der Waals surface area contributed by atoms with Crippen LogP contribution in [0.5, 0.6) is 11.5 Å². The Hall–Kier alpha value is -3.80. The van der Waals surface area contributed by atoms with E-state index in [2.05, 4.69) is 52.9 Å². The molecule has 0 bridgehead atoms. The van der Waals surface area contributed by atoms with Gasteiger partial charge in [0.25, 0.3) is 5.56 Å². The first-order chi connectivity index (χ1) is 20.3. The van der Waals surface area contributed by atoms with Crippen LogP contribution in [0.4, 0.5) is 4.39 Å². The number of aromatic nitrogens is 2. The predicted octanol–water partition coefficient (Wildman–Crippen LogP) is 8.71. The summed E-state index contributed by atoms with van der Waals surface area (Å²) in [5.74, 6) is 1.13. The second-order valence-corrected chi connectivity index (χ2v) is 11.7. The first-order valence-corrected chi connectivity index (χ1v) is 14.9. The zero-order valence-electron chi connectivity index (χ0n) is 21.8. The highest BCUT2D eigenvalue weighted by atomic mass is 79.9. The van der Waals surface area contributed by atoms with Crippen molar-refractivity contribution in [1.82, 2.24) is 9.66 Å². The number of ether oxygens (including phenoxy) is 2. The van der Waals surface area contributed by atoms with Gasteiger partial charge >= 0.3 is 0 Å². The summed E-state index contributed by atoms with van der Waals surface area (Å²) in [4.78, 5) is 18.4. The Morgan fingerprint density at radius 2 is 1.83 bits per heavy atom. The van der Waals surface area contributed by atoms with Crippen LogP contribution in [-0.4, -0.2) is 23.0 Å². The number of benzene rings is 4. The van der Waals surface area contributed by atoms with Crippen LogP contribution in [0.2, 0.25) is 0 Å². The van der Waals surface area contributed by atoms with Gasteiger partial charge < -0.3 is 13.9 Å². The number of fused-ring (bicyclic) bond motifs is 2. The molecule has 210 valence electrons. The molecule has 0 fully saturated rings. The summed E-state index contributed by atoms with van der Waals surface area (Å²) in [7, 11) is 1.52. The molecule has 0 aliphatic rings. The molecule has 11 heteroatoms. The second-order valence-electron chi connectivity index (χ2n) is 9.15. The van der Waals surface area contributed by atoms with Crippen molar-refractivity contribution in [3.63, 3.8) is 0 Å². The highest BCUT2D eigenvalue weighted by Gasteiger charge is 2.19. The number of nitrogens with zero attached hydrogens (tertiary/aromatic N) is 3. The molecule has 4 aromatic carbocycles. The summed E-state index contributed by atoms with van der Waals surface area (Å²) < 4.78 is 34.6. The van der Waals surface area contributed by atoms with E-state index >= 15 is 0 Å². The lowest BCUT2D eigenvalue weighted by Gasteiger charge is -2.15. The number of methoxy groups -OCH3 is 1. The Morgan fingerprint density at radius 3 is 2.64 bits per heavy atom. The number of hydrogen-bond donors (Lipinski definition) is 0. The largest absolute Gasteiger partial charge is 0.493 e. The van der Waals surface area contributed by atoms with Crippen LogP contribution >= 0.6 is 47.8 Å². The van der Waals surface area contributed by atoms with Crippen molar-refractivity contribution in [2.45, 2.75) is 6.61 Å². The number of halogens is 4. The maximum atomic E-state index is 13.7. The van der Waals surface area contributed by atoms with Crippen molar-refractivity contribution in [3.8, 4) is 23.1 Å². The Balaban J connectivity index is 1.43. The monoisotopic (exact) mass is 753 g/mol. The van der Waals surface area contributed by atoms with Gasteiger partial charge in [0, 0.05) is 19.9 Å². The number of furan rings is 1. The van der Waals surface area contributed by atoms with Crippen LogP contribution in [-0.2, 0) is 6.61 Å². The van der Waals surface area contributed by atoms with Crippen molar-refractivity contribution in [2.24, 2.45) is 5.10 Å². The van der Waals surface area contributed by atoms with E-state index in [1.165, 1.54) is 30.1 Å². The summed E-state index contributed by atoms with van der Waals surface area (Å²) in [5, 5.41) is 5.82. The summed E-state index contributed by atoms with van der Waals surface area (Å²) in [6.07, 6.45) is 1.52. The van der Waals surface area contributed by atoms with Gasteiger partial charge in [0.2, 0.25) is 5.82 Å². The molecule has 0 atom stereocenters. The van der Waals surface area contributed by atoms with Crippen molar-refractivity contribution < 1.29 is 18.3 Å². The van der Waals surface area contributed by atoms with E-state index in [0.29, 0.717) is 53.8 Å². The Kier molecular flexibility index (Phi) is 7.98. The van der Waals surface area contributed by atoms with E-state index in [1.54, 1.807) is 36.4 Å². The molecule has 0 spiro atoms. The normalized spacial score (nSPS) is 11.5. The van der Waals surface area contributed by atoms with Crippen LogP contribution in [0.15, 0.2) is 107 Å². The first-order valence-electron chi connectivity index (χ1n) is 12.5. The molecule has 0 unspecified atom stereocenters. The number of rotatable bonds is 7. The van der Waals surface area contributed by atoms with E-state index in [1.807, 2.05) is 30.3 Å². The van der Waals surface area contributed by atoms with Crippen molar-refractivity contribution in [3.05, 3.63) is 120 Å². The van der Waals surface area contributed by atoms with Gasteiger partial charge in [-0.25, -0.2) is 9.37 Å². The molecule has 0 aliphatic carbocycles. The predicted molar refractivity (Wildman–Crippen MR) is 171 cm³/mol. The fraction of sp³-hybridized carbons (Fsp3) is 0.0645. The van der Waals surface area contributed by atoms with Crippen LogP contribution in [0, 0.1) is 5.82 Å². The van der Waals surface area contributed by atoms with E-state index < -0.39 is 0 Å². The summed E-state index contributed by atoms with van der Waals surface area (Å²) in [6, 6.07) is 22.4. The molecule has 2 aromatic heterocycles. The maximum absolute atomic E-state index is 13.7. The highest BCUT2D eigenvalue weighted by Crippen LogP contribution is 2.42. The van der Waals surface area contributed by atoms with Crippen molar-refractivity contribution in [1.29, 1.82) is 0 Å². The second kappa shape index (κ2) is 11.8. The van der Waals surface area contributed by atoms with Gasteiger partial charge in [-0.2, -0.15) is 9.78 Å². The molecule has 0 amide bonds. The molecule has 0 aliphatic heterocycles. The van der Waals surface area contributed by atoms with E-state index in [0.717, 1.165) is 9.86 Å². The summed E-state index contributed by atoms with van der Waals surface area (Å²) in [6.45, 7) is 0.127. The van der Waals surface area contributed by atoms with Gasteiger partial charge in [-0.05, 0) is 92.0 Å². The molecule has 6 rings (SSSR count). The molecule has 0 saturated carbocycles. The van der Waals surface area contributed by atoms with Gasteiger partial charge in [-0.15, -0.1) is 0 Å². The Bertz CT molecular complexity index is 2070. The zero-order chi connectivity index (χ0) is 29.4. The Labute approximate surface area is 264 Å². The average molecular weight is 756 g/mol. The number of para-hydroxylation sites is 1. The first kappa shape index (κ1) is 28.3. The van der Waals surface area contributed by atoms with Gasteiger partial charge in [0.15, 0.2) is 17.3 Å². The lowest BCUT2D eigenvalue weighted by Crippen LogP contribution is -2.20. The minimum absolute atomic E-state index is 0.127. The maximum Gasteiger partial charge on any atom is 0.282 e. The van der Waals surface area contributed by atoms with E-state index in [-0.39, 0.29) is 23.8 Å². The third-order valence-electron chi connectivity index (χ3n) is 6.41. The smallest absolute Gasteiger partial charge is 0.282 e. The van der Waals surface area contributed by atoms with Crippen LogP contribution in [0.25, 0.3) is 33.5 Å². The quantitative estimate of drug-likeness (QED) is 0.152. The fourth-order valence-corrected chi connectivity index (χ4v) is 5.72. The topological polar surface area (TPSA) is 78.9 Å². The molecular weight excluding hydrogens is 737 g/mol. The summed E-state index contributed by atoms with van der Waals surface area (Å²) in [5.41, 5.74) is 2.08. The Morgan fingerprint density at radius 1 is 1.00 bits per heavy atom. The molecule has 7 nitrogen and oxygen atoms in total. The standard InChI is InChI=1S/C31H19Br3FN3O4/c1-40-25-14-19(27(33)28(34)29(25)41-16-17-5-4-6-21(35)11-17)15-36-38-30(37-23-8-3-2-7-22(23)31(38)39)26-13-18-12-20(32)9-10-24(18)42-26/h2-15H,16H2,1H3. The van der Waals surface area contributed by atoms with Crippen LogP contribution in [0.3, 0.4) is 0 Å². The number of hydrogen-bond acceptors (Lipinski definition) is 6. The minimum atomic E-state index is -0.356. The molecular formula is C31H19Br3FN3O4. The third kappa shape index (κ3) is 5.51. The van der Waals surface area contributed by atoms with Crippen molar-refractivity contribution in [2.75, 3.05) is 7.11 Å². The SMILES string of the molecule is COc1cc(C=Nn2c(-c3cc4cc(Br)ccc4o3)nc3ccccc3c2=O)c(Br)c(Br)c1OCc1cccc(F)c1. The minimum Gasteiger partial charge on any atom is -0.493 e. The van der Waals surface area contributed by atoms with Gasteiger partial charge in [0.05, 0.1) is 28.7 Å². The van der Waals surface area contributed by atoms with Crippen LogP contribution in [0.1, 0.15) is 11.1 Å². The van der Waals surface area contributed by atoms with Crippen LogP contribution < -0.4 is 15.0 Å². The molecule has 0 saturated heterocycles. The summed E-state index contributed by atoms with van der Waals surface area (Å²) >= 11 is 10.7. The molecule has 42 heavy (non-hydrogen) atoms. The van der Waals surface area contributed by atoms with Gasteiger partial charge in [-0.1, -0.05) is 40.2 Å². The van der Waals surface area contributed by atoms with E-state index in [4.69, 9.17) is 18.9 Å².